The monoisotopic (exact) mass is 238 g/mol. The summed E-state index contributed by atoms with van der Waals surface area (Å²) in [4.78, 5) is 35.7. The molecule has 0 saturated carbocycles. The van der Waals surface area contributed by atoms with Gasteiger partial charge in [0, 0.05) is 18.8 Å². The minimum Gasteiger partial charge on any atom is -0.466 e. The number of hydrogen-bond acceptors (Lipinski definition) is 4. The second-order valence-electron chi connectivity index (χ2n) is 3.25. The molecule has 1 amide bonds. The van der Waals surface area contributed by atoms with Crippen molar-refractivity contribution in [3.63, 3.8) is 0 Å². The highest BCUT2D eigenvalue weighted by Crippen LogP contribution is 1.93. The van der Waals surface area contributed by atoms with Gasteiger partial charge < -0.3 is 15.0 Å². The maximum Gasteiger partial charge on any atom is 0.307 e. The smallest absolute Gasteiger partial charge is 0.307 e. The molecule has 0 aliphatic carbocycles. The van der Waals surface area contributed by atoms with Crippen molar-refractivity contribution >= 4 is 11.9 Å². The van der Waals surface area contributed by atoms with Gasteiger partial charge in [0.2, 0.25) is 5.56 Å². The summed E-state index contributed by atoms with van der Waals surface area (Å²) >= 11 is 0. The van der Waals surface area contributed by atoms with E-state index in [1.54, 1.807) is 6.92 Å². The van der Waals surface area contributed by atoms with E-state index in [4.69, 9.17) is 4.74 Å². The van der Waals surface area contributed by atoms with Crippen LogP contribution in [0, 0.1) is 0 Å². The van der Waals surface area contributed by atoms with Crippen molar-refractivity contribution in [3.05, 3.63) is 34.2 Å². The van der Waals surface area contributed by atoms with E-state index in [9.17, 15) is 14.4 Å². The lowest BCUT2D eigenvalue weighted by atomic mass is 10.2. The average Bonchev–Trinajstić information content (AvgIpc) is 2.30. The fourth-order valence-electron chi connectivity index (χ4n) is 1.17. The molecule has 92 valence electrons. The molecular formula is C11H14N2O4. The number of rotatable bonds is 5. The molecule has 0 radical (unpaired) electrons. The van der Waals surface area contributed by atoms with Crippen LogP contribution in [0.2, 0.25) is 0 Å². The zero-order valence-corrected chi connectivity index (χ0v) is 9.49. The Morgan fingerprint density at radius 1 is 1.41 bits per heavy atom. The number of aromatic nitrogens is 1. The molecule has 0 bridgehead atoms. The van der Waals surface area contributed by atoms with Crippen LogP contribution in [0.1, 0.15) is 23.7 Å². The number of carbonyl (C=O) groups excluding carboxylic acids is 2. The number of H-pyrrole nitrogens is 1. The Bertz CT molecular complexity index is 433. The van der Waals surface area contributed by atoms with Crippen molar-refractivity contribution in [1.29, 1.82) is 0 Å². The molecule has 1 aromatic heterocycles. The number of nitrogens with one attached hydrogen (secondary N) is 2. The van der Waals surface area contributed by atoms with Gasteiger partial charge in [0.1, 0.15) is 0 Å². The summed E-state index contributed by atoms with van der Waals surface area (Å²) in [5, 5.41) is 2.55. The molecule has 0 fully saturated rings. The molecule has 6 nitrogen and oxygen atoms in total. The fraction of sp³-hybridized carbons (Fsp3) is 0.364. The summed E-state index contributed by atoms with van der Waals surface area (Å²) in [6.45, 7) is 2.25. The Balaban J connectivity index is 2.37. The third-order valence-corrected chi connectivity index (χ3v) is 1.97. The van der Waals surface area contributed by atoms with Crippen LogP contribution in [0.5, 0.6) is 0 Å². The number of hydrogen-bond donors (Lipinski definition) is 2. The number of esters is 1. The van der Waals surface area contributed by atoms with Crippen molar-refractivity contribution in [3.8, 4) is 0 Å². The van der Waals surface area contributed by atoms with E-state index >= 15 is 0 Å². The van der Waals surface area contributed by atoms with Gasteiger partial charge in [0.05, 0.1) is 18.6 Å². The zero-order valence-electron chi connectivity index (χ0n) is 9.49. The maximum atomic E-state index is 11.5. The highest BCUT2D eigenvalue weighted by molar-refractivity contribution is 5.93. The molecule has 1 heterocycles. The first-order valence-electron chi connectivity index (χ1n) is 5.26. The van der Waals surface area contributed by atoms with Crippen LogP contribution < -0.4 is 10.9 Å². The van der Waals surface area contributed by atoms with Gasteiger partial charge in [-0.1, -0.05) is 0 Å². The van der Waals surface area contributed by atoms with E-state index in [0.29, 0.717) is 12.2 Å². The largest absolute Gasteiger partial charge is 0.466 e. The van der Waals surface area contributed by atoms with Gasteiger partial charge in [-0.3, -0.25) is 14.4 Å². The fourth-order valence-corrected chi connectivity index (χ4v) is 1.17. The summed E-state index contributed by atoms with van der Waals surface area (Å²) in [7, 11) is 0. The summed E-state index contributed by atoms with van der Waals surface area (Å²) in [5.74, 6) is -0.695. The minimum absolute atomic E-state index is 0.128. The van der Waals surface area contributed by atoms with Crippen LogP contribution in [-0.2, 0) is 9.53 Å². The lowest BCUT2D eigenvalue weighted by Crippen LogP contribution is -2.27. The van der Waals surface area contributed by atoms with Crippen molar-refractivity contribution in [2.45, 2.75) is 13.3 Å². The van der Waals surface area contributed by atoms with E-state index in [2.05, 4.69) is 10.3 Å². The van der Waals surface area contributed by atoms with Crippen molar-refractivity contribution in [2.75, 3.05) is 13.2 Å². The van der Waals surface area contributed by atoms with Crippen LogP contribution in [0.3, 0.4) is 0 Å². The van der Waals surface area contributed by atoms with E-state index < -0.39 is 0 Å². The molecule has 1 rings (SSSR count). The van der Waals surface area contributed by atoms with Gasteiger partial charge in [-0.2, -0.15) is 0 Å². The second kappa shape index (κ2) is 6.47. The predicted octanol–water partition coefficient (Wildman–Crippen LogP) is 0.0579. The van der Waals surface area contributed by atoms with Gasteiger partial charge in [0.25, 0.3) is 5.91 Å². The standard InChI is InChI=1S/C11H14N2O4/c1-2-17-10(15)5-6-12-11(16)8-3-4-9(14)13-7-8/h3-4,7H,2,5-6H2,1H3,(H,12,16)(H,13,14). The highest BCUT2D eigenvalue weighted by atomic mass is 16.5. The molecule has 0 saturated heterocycles. The first-order chi connectivity index (χ1) is 8.13. The van der Waals surface area contributed by atoms with Crippen LogP contribution in [0.25, 0.3) is 0 Å². The Morgan fingerprint density at radius 3 is 2.76 bits per heavy atom. The Hall–Kier alpha value is -2.11. The first kappa shape index (κ1) is 13.0. The number of carbonyl (C=O) groups is 2. The topological polar surface area (TPSA) is 88.3 Å². The summed E-state index contributed by atoms with van der Waals surface area (Å²) in [5.41, 5.74) is 0.0709. The van der Waals surface area contributed by atoms with E-state index in [1.165, 1.54) is 18.3 Å². The lowest BCUT2D eigenvalue weighted by molar-refractivity contribution is -0.142. The van der Waals surface area contributed by atoms with Gasteiger partial charge in [-0.05, 0) is 13.0 Å². The van der Waals surface area contributed by atoms with Crippen LogP contribution in [-0.4, -0.2) is 30.0 Å². The van der Waals surface area contributed by atoms with E-state index in [-0.39, 0.29) is 30.4 Å². The summed E-state index contributed by atoms with van der Waals surface area (Å²) < 4.78 is 4.71. The minimum atomic E-state index is -0.353. The number of ether oxygens (including phenoxy) is 1. The number of aromatic amines is 1. The summed E-state index contributed by atoms with van der Waals surface area (Å²) in [6.07, 6.45) is 1.45. The predicted molar refractivity (Wildman–Crippen MR) is 60.6 cm³/mol. The zero-order chi connectivity index (χ0) is 12.7. The maximum absolute atomic E-state index is 11.5. The highest BCUT2D eigenvalue weighted by Gasteiger charge is 2.06. The average molecular weight is 238 g/mol. The SMILES string of the molecule is CCOC(=O)CCNC(=O)c1ccc(=O)[nH]c1. The molecule has 2 N–H and O–H groups in total. The molecule has 0 aliphatic heterocycles. The lowest BCUT2D eigenvalue weighted by Gasteiger charge is -2.04. The number of amides is 1. The third-order valence-electron chi connectivity index (χ3n) is 1.97. The van der Waals surface area contributed by atoms with Gasteiger partial charge in [-0.25, -0.2) is 0 Å². The quantitative estimate of drug-likeness (QED) is 0.710. The Morgan fingerprint density at radius 2 is 2.18 bits per heavy atom. The molecule has 0 unspecified atom stereocenters. The van der Waals surface area contributed by atoms with Crippen LogP contribution >= 0.6 is 0 Å². The molecule has 0 spiro atoms. The summed E-state index contributed by atoms with van der Waals surface area (Å²) in [6, 6.07) is 2.68. The molecule has 0 aromatic carbocycles. The molecule has 17 heavy (non-hydrogen) atoms. The van der Waals surface area contributed by atoms with E-state index in [0.717, 1.165) is 0 Å². The van der Waals surface area contributed by atoms with Crippen LogP contribution in [0.15, 0.2) is 23.1 Å². The Labute approximate surface area is 98.0 Å². The van der Waals surface area contributed by atoms with Crippen molar-refractivity contribution in [2.24, 2.45) is 0 Å². The third kappa shape index (κ3) is 4.50. The molecule has 1 aromatic rings. The first-order valence-corrected chi connectivity index (χ1v) is 5.26. The van der Waals surface area contributed by atoms with E-state index in [1.807, 2.05) is 0 Å². The Kier molecular flexibility index (Phi) is 4.93. The number of pyridine rings is 1. The molecular weight excluding hydrogens is 224 g/mol. The normalized spacial score (nSPS) is 9.71. The van der Waals surface area contributed by atoms with Crippen molar-refractivity contribution in [1.82, 2.24) is 10.3 Å². The molecule has 6 heteroatoms. The van der Waals surface area contributed by atoms with Crippen molar-refractivity contribution < 1.29 is 14.3 Å². The molecule has 0 aliphatic rings. The van der Waals surface area contributed by atoms with Gasteiger partial charge in [-0.15, -0.1) is 0 Å². The molecule has 0 atom stereocenters. The second-order valence-corrected chi connectivity index (χ2v) is 3.25. The van der Waals surface area contributed by atoms with Crippen LogP contribution in [0.4, 0.5) is 0 Å². The van der Waals surface area contributed by atoms with Gasteiger partial charge in [0.15, 0.2) is 0 Å². The van der Waals surface area contributed by atoms with Gasteiger partial charge >= 0.3 is 5.97 Å².